The Labute approximate surface area is 92.1 Å². The van der Waals surface area contributed by atoms with Crippen LogP contribution in [0, 0.1) is 5.92 Å². The first-order chi connectivity index (χ1) is 7.15. The molecule has 1 rings (SSSR count). The molecule has 0 saturated carbocycles. The topological polar surface area (TPSA) is 46.2 Å². The Kier molecular flexibility index (Phi) is 4.79. The summed E-state index contributed by atoms with van der Waals surface area (Å²) < 4.78 is 0. The molecule has 0 saturated heterocycles. The second-order valence-electron chi connectivity index (χ2n) is 4.32. The van der Waals surface area contributed by atoms with Crippen LogP contribution in [0.5, 0.6) is 0 Å². The van der Waals surface area contributed by atoms with E-state index in [4.69, 9.17) is 5.73 Å². The summed E-state index contributed by atoms with van der Waals surface area (Å²) in [6, 6.07) is 8.18. The van der Waals surface area contributed by atoms with Crippen molar-refractivity contribution in [2.75, 3.05) is 6.54 Å². The van der Waals surface area contributed by atoms with Gasteiger partial charge in [0.2, 0.25) is 0 Å². The quantitative estimate of drug-likeness (QED) is 0.778. The van der Waals surface area contributed by atoms with Gasteiger partial charge in [-0.1, -0.05) is 38.1 Å². The Hall–Kier alpha value is -0.860. The molecule has 0 fully saturated rings. The highest BCUT2D eigenvalue weighted by Crippen LogP contribution is 2.21. The summed E-state index contributed by atoms with van der Waals surface area (Å²) >= 11 is 0. The smallest absolute Gasteiger partial charge is 0.0812 e. The molecule has 1 unspecified atom stereocenters. The summed E-state index contributed by atoms with van der Waals surface area (Å²) in [5, 5.41) is 9.84. The van der Waals surface area contributed by atoms with Crippen molar-refractivity contribution in [3.8, 4) is 0 Å². The lowest BCUT2D eigenvalue weighted by Gasteiger charge is -2.15. The summed E-state index contributed by atoms with van der Waals surface area (Å²) in [7, 11) is 0. The fraction of sp³-hybridized carbons (Fsp3) is 0.538. The fourth-order valence-electron chi connectivity index (χ4n) is 1.57. The lowest BCUT2D eigenvalue weighted by molar-refractivity contribution is 0.127. The van der Waals surface area contributed by atoms with Crippen molar-refractivity contribution in [3.63, 3.8) is 0 Å². The number of hydrogen-bond donors (Lipinski definition) is 2. The standard InChI is InChI=1S/C13H21NO/c1-10(2)13(15)12-7-5-11(6-8-12)4-3-9-14/h5-8,10,13,15H,3-4,9,14H2,1-2H3. The average molecular weight is 207 g/mol. The highest BCUT2D eigenvalue weighted by molar-refractivity contribution is 5.24. The Morgan fingerprint density at radius 3 is 2.27 bits per heavy atom. The summed E-state index contributed by atoms with van der Waals surface area (Å²) in [6.07, 6.45) is 1.69. The van der Waals surface area contributed by atoms with Crippen LogP contribution in [0.4, 0.5) is 0 Å². The monoisotopic (exact) mass is 207 g/mol. The first-order valence-electron chi connectivity index (χ1n) is 5.62. The molecule has 1 atom stereocenters. The number of aryl methyl sites for hydroxylation is 1. The van der Waals surface area contributed by atoms with Crippen molar-refractivity contribution >= 4 is 0 Å². The highest BCUT2D eigenvalue weighted by atomic mass is 16.3. The maximum Gasteiger partial charge on any atom is 0.0812 e. The van der Waals surface area contributed by atoms with Gasteiger partial charge in [-0.25, -0.2) is 0 Å². The minimum Gasteiger partial charge on any atom is -0.388 e. The zero-order chi connectivity index (χ0) is 11.3. The van der Waals surface area contributed by atoms with Crippen molar-refractivity contribution in [1.82, 2.24) is 0 Å². The van der Waals surface area contributed by atoms with Crippen LogP contribution in [0.1, 0.15) is 37.5 Å². The van der Waals surface area contributed by atoms with Gasteiger partial charge >= 0.3 is 0 Å². The molecule has 0 radical (unpaired) electrons. The largest absolute Gasteiger partial charge is 0.388 e. The molecule has 1 aromatic rings. The molecule has 0 aliphatic rings. The Balaban J connectivity index is 2.63. The van der Waals surface area contributed by atoms with Gasteiger partial charge in [0.1, 0.15) is 0 Å². The molecule has 0 bridgehead atoms. The zero-order valence-electron chi connectivity index (χ0n) is 9.61. The SMILES string of the molecule is CC(C)C(O)c1ccc(CCCN)cc1. The third-order valence-corrected chi connectivity index (χ3v) is 2.62. The Morgan fingerprint density at radius 2 is 1.80 bits per heavy atom. The number of benzene rings is 1. The van der Waals surface area contributed by atoms with E-state index in [-0.39, 0.29) is 12.0 Å². The van der Waals surface area contributed by atoms with Crippen LogP contribution in [0.15, 0.2) is 24.3 Å². The van der Waals surface area contributed by atoms with E-state index < -0.39 is 0 Å². The van der Waals surface area contributed by atoms with Gasteiger partial charge < -0.3 is 10.8 Å². The highest BCUT2D eigenvalue weighted by Gasteiger charge is 2.10. The average Bonchev–Trinajstić information content (AvgIpc) is 2.26. The normalized spacial score (nSPS) is 13.1. The predicted octanol–water partition coefficient (Wildman–Crippen LogP) is 2.27. The van der Waals surface area contributed by atoms with Gasteiger partial charge in [-0.05, 0) is 36.4 Å². The molecule has 0 aromatic heterocycles. The van der Waals surface area contributed by atoms with Gasteiger partial charge in [0.15, 0.2) is 0 Å². The number of nitrogens with two attached hydrogens (primary N) is 1. The van der Waals surface area contributed by atoms with Crippen LogP contribution in [-0.4, -0.2) is 11.7 Å². The molecule has 0 aliphatic heterocycles. The summed E-state index contributed by atoms with van der Waals surface area (Å²) in [5.41, 5.74) is 7.75. The minimum atomic E-state index is -0.353. The second-order valence-corrected chi connectivity index (χ2v) is 4.32. The van der Waals surface area contributed by atoms with Gasteiger partial charge in [-0.2, -0.15) is 0 Å². The second kappa shape index (κ2) is 5.89. The van der Waals surface area contributed by atoms with E-state index in [2.05, 4.69) is 12.1 Å². The van der Waals surface area contributed by atoms with E-state index in [0.717, 1.165) is 24.9 Å². The van der Waals surface area contributed by atoms with Crippen molar-refractivity contribution in [3.05, 3.63) is 35.4 Å². The van der Waals surface area contributed by atoms with E-state index in [0.29, 0.717) is 0 Å². The number of rotatable bonds is 5. The molecule has 0 aliphatic carbocycles. The molecule has 2 heteroatoms. The van der Waals surface area contributed by atoms with E-state index in [1.165, 1.54) is 5.56 Å². The molecule has 3 N–H and O–H groups in total. The summed E-state index contributed by atoms with van der Waals surface area (Å²) in [6.45, 7) is 4.77. The van der Waals surface area contributed by atoms with Gasteiger partial charge in [0.25, 0.3) is 0 Å². The van der Waals surface area contributed by atoms with Crippen LogP contribution in [0.3, 0.4) is 0 Å². The molecule has 15 heavy (non-hydrogen) atoms. The molecule has 84 valence electrons. The van der Waals surface area contributed by atoms with Crippen LogP contribution in [-0.2, 0) is 6.42 Å². The van der Waals surface area contributed by atoms with Crippen LogP contribution in [0.25, 0.3) is 0 Å². The fourth-order valence-corrected chi connectivity index (χ4v) is 1.57. The van der Waals surface area contributed by atoms with E-state index in [1.54, 1.807) is 0 Å². The lowest BCUT2D eigenvalue weighted by Crippen LogP contribution is -2.05. The molecule has 2 nitrogen and oxygen atoms in total. The molecule has 0 heterocycles. The maximum atomic E-state index is 9.84. The van der Waals surface area contributed by atoms with Crippen LogP contribution in [0.2, 0.25) is 0 Å². The van der Waals surface area contributed by atoms with Gasteiger partial charge in [0, 0.05) is 0 Å². The van der Waals surface area contributed by atoms with Crippen LogP contribution < -0.4 is 5.73 Å². The lowest BCUT2D eigenvalue weighted by atomic mass is 9.97. The maximum absolute atomic E-state index is 9.84. The van der Waals surface area contributed by atoms with Gasteiger partial charge in [0.05, 0.1) is 6.10 Å². The Bertz CT molecular complexity index is 279. The minimum absolute atomic E-state index is 0.264. The van der Waals surface area contributed by atoms with Crippen molar-refractivity contribution < 1.29 is 5.11 Å². The molecular formula is C13H21NO. The number of hydrogen-bond acceptors (Lipinski definition) is 2. The third kappa shape index (κ3) is 3.65. The first kappa shape index (κ1) is 12.2. The summed E-state index contributed by atoms with van der Waals surface area (Å²) in [5.74, 6) is 0.264. The number of aliphatic hydroxyl groups is 1. The van der Waals surface area contributed by atoms with Crippen molar-refractivity contribution in [2.45, 2.75) is 32.8 Å². The van der Waals surface area contributed by atoms with Crippen LogP contribution >= 0.6 is 0 Å². The van der Waals surface area contributed by atoms with Crippen molar-refractivity contribution in [1.29, 1.82) is 0 Å². The summed E-state index contributed by atoms with van der Waals surface area (Å²) in [4.78, 5) is 0. The van der Waals surface area contributed by atoms with E-state index in [9.17, 15) is 5.11 Å². The Morgan fingerprint density at radius 1 is 1.20 bits per heavy atom. The van der Waals surface area contributed by atoms with Crippen molar-refractivity contribution in [2.24, 2.45) is 11.7 Å². The molecule has 0 spiro atoms. The van der Waals surface area contributed by atoms with E-state index >= 15 is 0 Å². The van der Waals surface area contributed by atoms with Gasteiger partial charge in [-0.3, -0.25) is 0 Å². The predicted molar refractivity (Wildman–Crippen MR) is 63.6 cm³/mol. The molecular weight excluding hydrogens is 186 g/mol. The zero-order valence-corrected chi connectivity index (χ0v) is 9.61. The molecule has 0 amide bonds. The third-order valence-electron chi connectivity index (χ3n) is 2.62. The van der Waals surface area contributed by atoms with E-state index in [1.807, 2.05) is 26.0 Å². The van der Waals surface area contributed by atoms with Gasteiger partial charge in [-0.15, -0.1) is 0 Å². The number of aliphatic hydroxyl groups excluding tert-OH is 1. The molecule has 1 aromatic carbocycles. The first-order valence-corrected chi connectivity index (χ1v) is 5.62.